The number of nitrogens with zero attached hydrogens (tertiary/aromatic N) is 2. The number of benzene rings is 4. The molecule has 0 heterocycles. The zero-order valence-corrected chi connectivity index (χ0v) is 23.4. The maximum absolute atomic E-state index is 12.5. The van der Waals surface area contributed by atoms with Gasteiger partial charge in [0, 0.05) is 12.1 Å². The zero-order valence-electron chi connectivity index (χ0n) is 23.4. The number of hydrogen-bond acceptors (Lipinski definition) is 11. The molecule has 0 fully saturated rings. The van der Waals surface area contributed by atoms with Gasteiger partial charge in [0.25, 0.3) is 11.4 Å². The molecule has 0 saturated heterocycles. The summed E-state index contributed by atoms with van der Waals surface area (Å²) < 4.78 is 21.2. The summed E-state index contributed by atoms with van der Waals surface area (Å²) in [5.74, 6) is -0.853. The van der Waals surface area contributed by atoms with Gasteiger partial charge in [0.2, 0.25) is 0 Å². The van der Waals surface area contributed by atoms with Crippen molar-refractivity contribution in [1.29, 1.82) is 0 Å². The Kier molecular flexibility index (Phi) is 11.1. The van der Waals surface area contributed by atoms with Crippen LogP contribution in [0.2, 0.25) is 0 Å². The molecule has 0 unspecified atom stereocenters. The van der Waals surface area contributed by atoms with Crippen molar-refractivity contribution in [3.63, 3.8) is 0 Å². The largest absolute Gasteiger partial charge is 0.508 e. The van der Waals surface area contributed by atoms with Crippen LogP contribution in [0.4, 0.5) is 11.4 Å². The van der Waals surface area contributed by atoms with Crippen molar-refractivity contribution in [3.05, 3.63) is 127 Å². The Hall–Kier alpha value is -6.18. The monoisotopic (exact) mass is 606 g/mol. The number of hydrogen-bond donors (Lipinski definition) is 2. The number of phenols is 1. The van der Waals surface area contributed by atoms with E-state index in [1.807, 2.05) is 12.1 Å². The van der Waals surface area contributed by atoms with Gasteiger partial charge in [-0.15, -0.1) is 0 Å². The van der Waals surface area contributed by atoms with E-state index in [2.05, 4.69) is 0 Å². The molecule has 0 aliphatic rings. The highest BCUT2D eigenvalue weighted by molar-refractivity contribution is 5.91. The number of nitro groups is 2. The van der Waals surface area contributed by atoms with E-state index in [0.717, 1.165) is 35.4 Å². The van der Waals surface area contributed by atoms with Gasteiger partial charge in [-0.25, -0.2) is 9.59 Å². The van der Waals surface area contributed by atoms with Crippen molar-refractivity contribution in [2.45, 2.75) is 13.2 Å². The van der Waals surface area contributed by atoms with Gasteiger partial charge >= 0.3 is 11.9 Å². The molecule has 4 aromatic carbocycles. The summed E-state index contributed by atoms with van der Waals surface area (Å²) in [4.78, 5) is 43.0. The van der Waals surface area contributed by atoms with Crippen LogP contribution >= 0.6 is 0 Å². The van der Waals surface area contributed by atoms with Crippen LogP contribution in [0.5, 0.6) is 23.0 Å². The van der Waals surface area contributed by atoms with Crippen LogP contribution in [-0.4, -0.2) is 46.2 Å². The quantitative estimate of drug-likeness (QED) is 0.123. The van der Waals surface area contributed by atoms with E-state index < -0.39 is 33.2 Å². The smallest absolute Gasteiger partial charge is 0.338 e. The number of rotatable bonds is 11. The first-order chi connectivity index (χ1) is 21.0. The average Bonchev–Trinajstić information content (AvgIpc) is 3.02. The summed E-state index contributed by atoms with van der Waals surface area (Å²) in [6, 6.07) is 20.8. The molecule has 0 aromatic heterocycles. The number of aromatic carboxylic acids is 1. The normalized spacial score (nSPS) is 10.0. The highest BCUT2D eigenvalue weighted by Gasteiger charge is 2.17. The van der Waals surface area contributed by atoms with Crippen LogP contribution < -0.4 is 14.2 Å². The van der Waals surface area contributed by atoms with E-state index in [1.54, 1.807) is 50.6 Å². The third kappa shape index (κ3) is 9.44. The minimum absolute atomic E-state index is 0.0214. The van der Waals surface area contributed by atoms with Gasteiger partial charge < -0.3 is 29.2 Å². The van der Waals surface area contributed by atoms with Crippen molar-refractivity contribution >= 4 is 23.3 Å². The van der Waals surface area contributed by atoms with E-state index in [-0.39, 0.29) is 35.8 Å². The fraction of sp³-hybridized carbons (Fsp3) is 0.133. The van der Waals surface area contributed by atoms with Gasteiger partial charge in [-0.1, -0.05) is 24.3 Å². The Morgan fingerprint density at radius 3 is 1.68 bits per heavy atom. The van der Waals surface area contributed by atoms with E-state index in [4.69, 9.17) is 29.2 Å². The maximum atomic E-state index is 12.5. The summed E-state index contributed by atoms with van der Waals surface area (Å²) in [5.41, 5.74) is 0.617. The lowest BCUT2D eigenvalue weighted by atomic mass is 10.2. The Morgan fingerprint density at radius 1 is 0.682 bits per heavy atom. The molecule has 14 nitrogen and oxygen atoms in total. The number of carboxylic acids is 1. The third-order valence-corrected chi connectivity index (χ3v) is 5.79. The molecule has 2 N–H and O–H groups in total. The molecule has 4 rings (SSSR count). The molecule has 0 aliphatic heterocycles. The second-order valence-corrected chi connectivity index (χ2v) is 8.83. The highest BCUT2D eigenvalue weighted by Crippen LogP contribution is 2.25. The van der Waals surface area contributed by atoms with Gasteiger partial charge in [-0.3, -0.25) is 20.2 Å². The molecule has 0 aliphatic carbocycles. The topological polar surface area (TPSA) is 198 Å². The van der Waals surface area contributed by atoms with Gasteiger partial charge in [0.05, 0.1) is 47.3 Å². The predicted octanol–water partition coefficient (Wildman–Crippen LogP) is 5.55. The first-order valence-electron chi connectivity index (χ1n) is 12.6. The fourth-order valence-corrected chi connectivity index (χ4v) is 3.56. The van der Waals surface area contributed by atoms with Crippen LogP contribution in [0.1, 0.15) is 31.8 Å². The predicted molar refractivity (Wildman–Crippen MR) is 154 cm³/mol. The summed E-state index contributed by atoms with van der Waals surface area (Å²) in [6.07, 6.45) is 0. The molecular formula is C30H26N2O12. The molecule has 0 saturated carbocycles. The van der Waals surface area contributed by atoms with Crippen molar-refractivity contribution in [2.24, 2.45) is 0 Å². The second kappa shape index (κ2) is 15.2. The van der Waals surface area contributed by atoms with Crippen LogP contribution in [0.25, 0.3) is 0 Å². The van der Waals surface area contributed by atoms with Crippen LogP contribution in [0.15, 0.2) is 84.9 Å². The van der Waals surface area contributed by atoms with E-state index in [0.29, 0.717) is 11.5 Å². The number of nitro benzene ring substituents is 2. The van der Waals surface area contributed by atoms with E-state index in [9.17, 15) is 29.8 Å². The number of carbonyl (C=O) groups is 2. The van der Waals surface area contributed by atoms with Crippen molar-refractivity contribution < 1.29 is 48.6 Å². The Bertz CT molecular complexity index is 1610. The summed E-state index contributed by atoms with van der Waals surface area (Å²) in [6.45, 7) is 0.194. The SMILES string of the molecule is COc1ccc(COC(=O)c2cc(OCc3ccc(OC)cc3)cc([N+](=O)[O-])c2)cc1.O=C(O)c1cc(O)cc([N+](=O)[O-])c1. The first kappa shape index (κ1) is 32.3. The lowest BCUT2D eigenvalue weighted by molar-refractivity contribution is -0.385. The second-order valence-electron chi connectivity index (χ2n) is 8.83. The fourth-order valence-electron chi connectivity index (χ4n) is 3.56. The molecule has 0 amide bonds. The van der Waals surface area contributed by atoms with Gasteiger partial charge in [0.1, 0.15) is 36.2 Å². The first-order valence-corrected chi connectivity index (χ1v) is 12.6. The molecule has 4 aromatic rings. The Labute approximate surface area is 249 Å². The highest BCUT2D eigenvalue weighted by atomic mass is 16.6. The molecule has 0 spiro atoms. The molecule has 0 radical (unpaired) electrons. The number of non-ortho nitro benzene ring substituents is 2. The number of phenolic OH excluding ortho intramolecular Hbond substituents is 1. The number of methoxy groups -OCH3 is 2. The Balaban J connectivity index is 0.000000340. The zero-order chi connectivity index (χ0) is 32.2. The number of carbonyl (C=O) groups excluding carboxylic acids is 1. The number of esters is 1. The summed E-state index contributed by atoms with van der Waals surface area (Å²) in [5, 5.41) is 38.9. The van der Waals surface area contributed by atoms with Crippen LogP contribution in [0, 0.1) is 20.2 Å². The molecule has 44 heavy (non-hydrogen) atoms. The van der Waals surface area contributed by atoms with Crippen molar-refractivity contribution in [2.75, 3.05) is 14.2 Å². The summed E-state index contributed by atoms with van der Waals surface area (Å²) in [7, 11) is 3.13. The van der Waals surface area contributed by atoms with E-state index in [1.165, 1.54) is 12.1 Å². The lowest BCUT2D eigenvalue weighted by Crippen LogP contribution is -2.07. The molecule has 0 atom stereocenters. The molecule has 228 valence electrons. The standard InChI is InChI=1S/C23H21NO7.C7H5NO5/c1-28-20-7-3-16(4-8-20)14-30-22-12-18(11-19(13-22)24(26)27)23(25)31-15-17-5-9-21(29-2)10-6-17;9-6-2-4(7(10)11)1-5(3-6)8(12)13/h3-13H,14-15H2,1-2H3;1-3,9H,(H,10,11). The molecular weight excluding hydrogens is 580 g/mol. The van der Waals surface area contributed by atoms with Gasteiger partial charge in [-0.05, 0) is 47.5 Å². The van der Waals surface area contributed by atoms with Gasteiger partial charge in [-0.2, -0.15) is 0 Å². The minimum Gasteiger partial charge on any atom is -0.508 e. The Morgan fingerprint density at radius 2 is 1.18 bits per heavy atom. The maximum Gasteiger partial charge on any atom is 0.338 e. The van der Waals surface area contributed by atoms with E-state index >= 15 is 0 Å². The average molecular weight is 607 g/mol. The molecule has 0 bridgehead atoms. The third-order valence-electron chi connectivity index (χ3n) is 5.79. The van der Waals surface area contributed by atoms with Crippen molar-refractivity contribution in [1.82, 2.24) is 0 Å². The number of carboxylic acid groups (broad SMARTS) is 1. The summed E-state index contributed by atoms with van der Waals surface area (Å²) >= 11 is 0. The van der Waals surface area contributed by atoms with Crippen molar-refractivity contribution in [3.8, 4) is 23.0 Å². The van der Waals surface area contributed by atoms with Crippen LogP contribution in [-0.2, 0) is 18.0 Å². The molecule has 14 heteroatoms. The van der Waals surface area contributed by atoms with Gasteiger partial charge in [0.15, 0.2) is 0 Å². The number of aromatic hydroxyl groups is 1. The lowest BCUT2D eigenvalue weighted by Gasteiger charge is -2.10. The number of ether oxygens (including phenoxy) is 4. The minimum atomic E-state index is -1.32. The van der Waals surface area contributed by atoms with Crippen LogP contribution in [0.3, 0.4) is 0 Å².